The van der Waals surface area contributed by atoms with Crippen molar-refractivity contribution in [1.29, 1.82) is 5.26 Å². The van der Waals surface area contributed by atoms with Crippen molar-refractivity contribution in [2.24, 2.45) is 0 Å². The normalized spacial score (nSPS) is 18.0. The van der Waals surface area contributed by atoms with Gasteiger partial charge in [-0.2, -0.15) is 5.26 Å². The molecule has 4 rings (SSSR count). The van der Waals surface area contributed by atoms with Gasteiger partial charge in [0.05, 0.1) is 23.1 Å². The van der Waals surface area contributed by atoms with Crippen LogP contribution in [0, 0.1) is 17.1 Å². The van der Waals surface area contributed by atoms with Crippen molar-refractivity contribution in [3.05, 3.63) is 69.9 Å². The van der Waals surface area contributed by atoms with Crippen LogP contribution >= 0.6 is 11.8 Å². The van der Waals surface area contributed by atoms with Gasteiger partial charge in [-0.15, -0.1) is 0 Å². The Bertz CT molecular complexity index is 1050. The maximum atomic E-state index is 14.6. The topological polar surface area (TPSA) is 64.4 Å². The zero-order chi connectivity index (χ0) is 20.4. The molecule has 0 spiro atoms. The Morgan fingerprint density at radius 1 is 1.14 bits per heavy atom. The van der Waals surface area contributed by atoms with E-state index in [-0.39, 0.29) is 17.0 Å². The minimum absolute atomic E-state index is 0.0160. The first-order chi connectivity index (χ1) is 14.1. The van der Waals surface area contributed by atoms with Crippen LogP contribution in [0.5, 0.6) is 0 Å². The molecule has 0 atom stereocenters. The molecule has 146 valence electrons. The average Bonchev–Trinajstić information content (AvgIpc) is 3.35. The van der Waals surface area contributed by atoms with E-state index in [0.29, 0.717) is 11.1 Å². The summed E-state index contributed by atoms with van der Waals surface area (Å²) < 4.78 is 14.6. The zero-order valence-electron chi connectivity index (χ0n) is 15.6. The van der Waals surface area contributed by atoms with Crippen LogP contribution in [0.3, 0.4) is 0 Å². The van der Waals surface area contributed by atoms with Gasteiger partial charge in [0.1, 0.15) is 5.82 Å². The fourth-order valence-corrected chi connectivity index (χ4v) is 4.35. The predicted octanol–water partition coefficient (Wildman–Crippen LogP) is 4.53. The lowest BCUT2D eigenvalue weighted by atomic mass is 10.1. The predicted molar refractivity (Wildman–Crippen MR) is 111 cm³/mol. The molecule has 0 bridgehead atoms. The van der Waals surface area contributed by atoms with Gasteiger partial charge in [0.2, 0.25) is 0 Å². The quantitative estimate of drug-likeness (QED) is 0.697. The largest absolute Gasteiger partial charge is 0.371 e. The monoisotopic (exact) mass is 407 g/mol. The van der Waals surface area contributed by atoms with Gasteiger partial charge >= 0.3 is 0 Å². The Hall–Kier alpha value is -3.11. The second-order valence-electron chi connectivity index (χ2n) is 6.94. The first kappa shape index (κ1) is 19.2. The summed E-state index contributed by atoms with van der Waals surface area (Å²) in [4.78, 5) is 28.5. The number of anilines is 1. The fourth-order valence-electron chi connectivity index (χ4n) is 3.52. The van der Waals surface area contributed by atoms with Crippen molar-refractivity contribution >= 4 is 34.7 Å². The number of amides is 2. The SMILES string of the molecule is N#Cc1ccccc1CN1C(=O)S/C(=C/c2ccc(N3CCCC3)cc2F)C1=O. The van der Waals surface area contributed by atoms with Gasteiger partial charge in [0, 0.05) is 24.3 Å². The minimum atomic E-state index is -0.476. The zero-order valence-corrected chi connectivity index (χ0v) is 16.4. The first-order valence-electron chi connectivity index (χ1n) is 9.34. The summed E-state index contributed by atoms with van der Waals surface area (Å²) in [5, 5.41) is 8.77. The third-order valence-corrected chi connectivity index (χ3v) is 5.99. The number of thioether (sulfide) groups is 1. The summed E-state index contributed by atoms with van der Waals surface area (Å²) in [6.45, 7) is 1.85. The number of rotatable bonds is 4. The van der Waals surface area contributed by atoms with E-state index >= 15 is 0 Å². The minimum Gasteiger partial charge on any atom is -0.371 e. The van der Waals surface area contributed by atoms with Gasteiger partial charge in [0.15, 0.2) is 0 Å². The van der Waals surface area contributed by atoms with E-state index in [1.165, 1.54) is 12.1 Å². The van der Waals surface area contributed by atoms with Crippen molar-refractivity contribution < 1.29 is 14.0 Å². The molecule has 2 fully saturated rings. The highest BCUT2D eigenvalue weighted by Gasteiger charge is 2.35. The highest BCUT2D eigenvalue weighted by molar-refractivity contribution is 8.18. The van der Waals surface area contributed by atoms with E-state index < -0.39 is 17.0 Å². The van der Waals surface area contributed by atoms with E-state index in [4.69, 9.17) is 0 Å². The van der Waals surface area contributed by atoms with Crippen molar-refractivity contribution in [3.63, 3.8) is 0 Å². The number of carbonyl (C=O) groups is 2. The second kappa shape index (κ2) is 8.10. The van der Waals surface area contributed by atoms with Gasteiger partial charge < -0.3 is 4.90 Å². The fraction of sp³-hybridized carbons (Fsp3) is 0.227. The first-order valence-corrected chi connectivity index (χ1v) is 10.2. The molecule has 2 amide bonds. The number of carbonyl (C=O) groups excluding carboxylic acids is 2. The molecule has 0 aliphatic carbocycles. The maximum Gasteiger partial charge on any atom is 0.293 e. The molecule has 2 saturated heterocycles. The lowest BCUT2D eigenvalue weighted by Crippen LogP contribution is -2.27. The summed E-state index contributed by atoms with van der Waals surface area (Å²) in [6.07, 6.45) is 3.63. The lowest BCUT2D eigenvalue weighted by Gasteiger charge is -2.17. The Balaban J connectivity index is 1.55. The summed E-state index contributed by atoms with van der Waals surface area (Å²) in [5.74, 6) is -0.896. The van der Waals surface area contributed by atoms with Gasteiger partial charge in [0.25, 0.3) is 11.1 Å². The Morgan fingerprint density at radius 2 is 1.90 bits per heavy atom. The van der Waals surface area contributed by atoms with Crippen LogP contribution in [-0.2, 0) is 11.3 Å². The molecule has 5 nitrogen and oxygen atoms in total. The van der Waals surface area contributed by atoms with Crippen molar-refractivity contribution in [3.8, 4) is 6.07 Å². The average molecular weight is 407 g/mol. The molecule has 0 aromatic heterocycles. The lowest BCUT2D eigenvalue weighted by molar-refractivity contribution is -0.123. The number of imide groups is 1. The van der Waals surface area contributed by atoms with E-state index in [0.717, 1.165) is 48.3 Å². The molecule has 7 heteroatoms. The molecule has 29 heavy (non-hydrogen) atoms. The van der Waals surface area contributed by atoms with Crippen molar-refractivity contribution in [2.75, 3.05) is 18.0 Å². The number of halogens is 1. The van der Waals surface area contributed by atoms with E-state index in [2.05, 4.69) is 11.0 Å². The summed E-state index contributed by atoms with van der Waals surface area (Å²) >= 11 is 0.786. The van der Waals surface area contributed by atoms with Crippen molar-refractivity contribution in [1.82, 2.24) is 4.90 Å². The van der Waals surface area contributed by atoms with Crippen LogP contribution in [-0.4, -0.2) is 29.1 Å². The number of nitrogens with zero attached hydrogens (tertiary/aromatic N) is 3. The molecule has 0 N–H and O–H groups in total. The van der Waals surface area contributed by atoms with Crippen LogP contribution in [0.25, 0.3) is 6.08 Å². The number of hydrogen-bond acceptors (Lipinski definition) is 5. The third kappa shape index (κ3) is 3.89. The van der Waals surface area contributed by atoms with Crippen LogP contribution < -0.4 is 4.90 Å². The third-order valence-electron chi connectivity index (χ3n) is 5.08. The van der Waals surface area contributed by atoms with Crippen LogP contribution in [0.1, 0.15) is 29.5 Å². The van der Waals surface area contributed by atoms with E-state index in [1.807, 2.05) is 6.07 Å². The molecule has 0 unspecified atom stereocenters. The van der Waals surface area contributed by atoms with Crippen LogP contribution in [0.15, 0.2) is 47.4 Å². The van der Waals surface area contributed by atoms with E-state index in [9.17, 15) is 19.2 Å². The summed E-state index contributed by atoms with van der Waals surface area (Å²) in [5.41, 5.74) is 2.12. The Morgan fingerprint density at radius 3 is 2.62 bits per heavy atom. The standard InChI is InChI=1S/C22H18FN3O2S/c23-19-12-18(25-9-3-4-10-25)8-7-15(19)11-20-21(27)26(22(28)29-20)14-17-6-2-1-5-16(17)13-24/h1-2,5-8,11-12H,3-4,9-10,14H2/b20-11+. The molecule has 2 aliphatic rings. The van der Waals surface area contributed by atoms with Gasteiger partial charge in [-0.1, -0.05) is 18.2 Å². The van der Waals surface area contributed by atoms with Gasteiger partial charge in [-0.05, 0) is 60.5 Å². The second-order valence-corrected chi connectivity index (χ2v) is 7.93. The maximum absolute atomic E-state index is 14.6. The Labute approximate surface area is 172 Å². The number of benzene rings is 2. The van der Waals surface area contributed by atoms with Crippen molar-refractivity contribution in [2.45, 2.75) is 19.4 Å². The van der Waals surface area contributed by atoms with Gasteiger partial charge in [-0.25, -0.2) is 4.39 Å². The Kier molecular flexibility index (Phi) is 5.36. The summed E-state index contributed by atoms with van der Waals surface area (Å²) in [6, 6.07) is 13.9. The molecule has 2 aliphatic heterocycles. The molecule has 2 heterocycles. The molecule has 2 aromatic rings. The van der Waals surface area contributed by atoms with E-state index in [1.54, 1.807) is 30.3 Å². The smallest absolute Gasteiger partial charge is 0.293 e. The molecule has 0 saturated carbocycles. The summed E-state index contributed by atoms with van der Waals surface area (Å²) in [7, 11) is 0. The number of hydrogen-bond donors (Lipinski definition) is 0. The van der Waals surface area contributed by atoms with Gasteiger partial charge in [-0.3, -0.25) is 14.5 Å². The highest BCUT2D eigenvalue weighted by atomic mass is 32.2. The van der Waals surface area contributed by atoms with Crippen LogP contribution in [0.2, 0.25) is 0 Å². The molecule has 0 radical (unpaired) electrons. The molecule has 2 aromatic carbocycles. The molecular weight excluding hydrogens is 389 g/mol. The van der Waals surface area contributed by atoms with Crippen LogP contribution in [0.4, 0.5) is 14.9 Å². The number of nitriles is 1. The molecular formula is C22H18FN3O2S. The highest BCUT2D eigenvalue weighted by Crippen LogP contribution is 2.34.